The fraction of sp³-hybridized carbons (Fsp3) is 1.00. The van der Waals surface area contributed by atoms with E-state index in [4.69, 9.17) is 9.47 Å². The summed E-state index contributed by atoms with van der Waals surface area (Å²) in [5, 5.41) is 0. The third kappa shape index (κ3) is 1.18. The van der Waals surface area contributed by atoms with Gasteiger partial charge in [-0.1, -0.05) is 0 Å². The summed E-state index contributed by atoms with van der Waals surface area (Å²) in [5.41, 5.74) is 0. The molecule has 0 N–H and O–H groups in total. The lowest BCUT2D eigenvalue weighted by atomic mass is 9.94. The monoisotopic (exact) mass is 142 g/mol. The molecule has 0 spiro atoms. The highest BCUT2D eigenvalue weighted by Crippen LogP contribution is 2.24. The Kier molecular flexibility index (Phi) is 1.91. The van der Waals surface area contributed by atoms with Crippen molar-refractivity contribution in [2.45, 2.75) is 25.4 Å². The molecule has 0 aliphatic carbocycles. The first-order valence-corrected chi connectivity index (χ1v) is 4.16. The summed E-state index contributed by atoms with van der Waals surface area (Å²) in [5.74, 6) is 0.722. The van der Waals surface area contributed by atoms with Gasteiger partial charge in [0.1, 0.15) is 0 Å². The third-order valence-electron chi connectivity index (χ3n) is 2.40. The molecular weight excluding hydrogens is 128 g/mol. The molecule has 10 heavy (non-hydrogen) atoms. The van der Waals surface area contributed by atoms with E-state index in [2.05, 4.69) is 0 Å². The fourth-order valence-electron chi connectivity index (χ4n) is 1.61. The first-order valence-electron chi connectivity index (χ1n) is 4.16. The van der Waals surface area contributed by atoms with E-state index in [1.807, 2.05) is 0 Å². The van der Waals surface area contributed by atoms with Crippen molar-refractivity contribution in [3.05, 3.63) is 0 Å². The second-order valence-electron chi connectivity index (χ2n) is 3.20. The summed E-state index contributed by atoms with van der Waals surface area (Å²) in [7, 11) is 0. The van der Waals surface area contributed by atoms with Crippen molar-refractivity contribution in [3.8, 4) is 0 Å². The summed E-state index contributed by atoms with van der Waals surface area (Å²) in [6.45, 7) is 2.84. The van der Waals surface area contributed by atoms with Gasteiger partial charge in [0, 0.05) is 12.5 Å². The summed E-state index contributed by atoms with van der Waals surface area (Å²) >= 11 is 0. The highest BCUT2D eigenvalue weighted by atomic mass is 16.5. The van der Waals surface area contributed by atoms with E-state index in [1.165, 1.54) is 19.3 Å². The highest BCUT2D eigenvalue weighted by Gasteiger charge is 2.29. The topological polar surface area (TPSA) is 18.5 Å². The summed E-state index contributed by atoms with van der Waals surface area (Å²) in [4.78, 5) is 0. The Hall–Kier alpha value is -0.0800. The van der Waals surface area contributed by atoms with E-state index >= 15 is 0 Å². The second-order valence-corrected chi connectivity index (χ2v) is 3.20. The molecule has 2 aliphatic heterocycles. The Balaban J connectivity index is 1.78. The molecule has 0 radical (unpaired) electrons. The van der Waals surface area contributed by atoms with E-state index < -0.39 is 0 Å². The SMILES string of the molecule is C1CCC(C2COC2)OC1. The molecule has 1 unspecified atom stereocenters. The quantitative estimate of drug-likeness (QED) is 0.547. The molecule has 2 rings (SSSR count). The Bertz CT molecular complexity index is 104. The van der Waals surface area contributed by atoms with E-state index in [1.54, 1.807) is 0 Å². The number of hydrogen-bond acceptors (Lipinski definition) is 2. The van der Waals surface area contributed by atoms with Gasteiger partial charge in [0.05, 0.1) is 19.3 Å². The maximum Gasteiger partial charge on any atom is 0.0647 e. The summed E-state index contributed by atoms with van der Waals surface area (Å²) < 4.78 is 10.7. The zero-order valence-electron chi connectivity index (χ0n) is 6.21. The standard InChI is InChI=1S/C8H14O2/c1-2-4-10-8(3-1)7-5-9-6-7/h7-8H,1-6H2. The third-order valence-corrected chi connectivity index (χ3v) is 2.40. The number of ether oxygens (including phenoxy) is 2. The lowest BCUT2D eigenvalue weighted by molar-refractivity contribution is -0.126. The molecular formula is C8H14O2. The van der Waals surface area contributed by atoms with Crippen LogP contribution in [0.15, 0.2) is 0 Å². The van der Waals surface area contributed by atoms with E-state index in [-0.39, 0.29) is 0 Å². The molecule has 0 bridgehead atoms. The molecule has 2 saturated heterocycles. The van der Waals surface area contributed by atoms with Crippen LogP contribution in [0.3, 0.4) is 0 Å². The van der Waals surface area contributed by atoms with Crippen molar-refractivity contribution in [3.63, 3.8) is 0 Å². The van der Waals surface area contributed by atoms with Crippen LogP contribution in [0.2, 0.25) is 0 Å². The lowest BCUT2D eigenvalue weighted by Crippen LogP contribution is -2.40. The zero-order valence-corrected chi connectivity index (χ0v) is 6.21. The first kappa shape index (κ1) is 6.62. The van der Waals surface area contributed by atoms with Crippen LogP contribution in [0.5, 0.6) is 0 Å². The maximum atomic E-state index is 5.60. The van der Waals surface area contributed by atoms with Crippen molar-refractivity contribution in [2.75, 3.05) is 19.8 Å². The van der Waals surface area contributed by atoms with E-state index in [0.717, 1.165) is 25.7 Å². The largest absolute Gasteiger partial charge is 0.380 e. The van der Waals surface area contributed by atoms with Crippen molar-refractivity contribution >= 4 is 0 Å². The minimum atomic E-state index is 0.530. The molecule has 0 aromatic rings. The average molecular weight is 142 g/mol. The van der Waals surface area contributed by atoms with Crippen LogP contribution in [-0.4, -0.2) is 25.9 Å². The molecule has 2 aliphatic rings. The highest BCUT2D eigenvalue weighted by molar-refractivity contribution is 4.77. The van der Waals surface area contributed by atoms with Gasteiger partial charge in [0.25, 0.3) is 0 Å². The summed E-state index contributed by atoms with van der Waals surface area (Å²) in [6, 6.07) is 0. The predicted octanol–water partition coefficient (Wildman–Crippen LogP) is 1.20. The van der Waals surface area contributed by atoms with Gasteiger partial charge in [-0.05, 0) is 19.3 Å². The minimum Gasteiger partial charge on any atom is -0.380 e. The Labute approximate surface area is 61.5 Å². The van der Waals surface area contributed by atoms with Gasteiger partial charge in [0.2, 0.25) is 0 Å². The van der Waals surface area contributed by atoms with Gasteiger partial charge < -0.3 is 9.47 Å². The van der Waals surface area contributed by atoms with Crippen molar-refractivity contribution in [1.29, 1.82) is 0 Å². The molecule has 0 aromatic heterocycles. The second kappa shape index (κ2) is 2.89. The molecule has 58 valence electrons. The van der Waals surface area contributed by atoms with Gasteiger partial charge >= 0.3 is 0 Å². The molecule has 2 nitrogen and oxygen atoms in total. The Morgan fingerprint density at radius 1 is 1.10 bits per heavy atom. The van der Waals surface area contributed by atoms with Crippen LogP contribution in [-0.2, 0) is 9.47 Å². The van der Waals surface area contributed by atoms with Gasteiger partial charge in [-0.3, -0.25) is 0 Å². The van der Waals surface area contributed by atoms with Crippen LogP contribution in [0.4, 0.5) is 0 Å². The van der Waals surface area contributed by atoms with Crippen molar-refractivity contribution < 1.29 is 9.47 Å². The first-order chi connectivity index (χ1) is 4.97. The van der Waals surface area contributed by atoms with E-state index in [0.29, 0.717) is 6.10 Å². The minimum absolute atomic E-state index is 0.530. The normalized spacial score (nSPS) is 35.4. The number of hydrogen-bond donors (Lipinski definition) is 0. The molecule has 2 heteroatoms. The Morgan fingerprint density at radius 3 is 2.50 bits per heavy atom. The predicted molar refractivity (Wildman–Crippen MR) is 37.9 cm³/mol. The molecule has 0 aromatic carbocycles. The van der Waals surface area contributed by atoms with Gasteiger partial charge in [-0.15, -0.1) is 0 Å². The average Bonchev–Trinajstić information content (AvgIpc) is 1.86. The number of rotatable bonds is 1. The molecule has 0 amide bonds. The lowest BCUT2D eigenvalue weighted by Gasteiger charge is -2.35. The smallest absolute Gasteiger partial charge is 0.0647 e. The van der Waals surface area contributed by atoms with E-state index in [9.17, 15) is 0 Å². The molecule has 0 saturated carbocycles. The van der Waals surface area contributed by atoms with Gasteiger partial charge in [-0.25, -0.2) is 0 Å². The van der Waals surface area contributed by atoms with Crippen molar-refractivity contribution in [1.82, 2.24) is 0 Å². The van der Waals surface area contributed by atoms with Crippen LogP contribution in [0.1, 0.15) is 19.3 Å². The van der Waals surface area contributed by atoms with Crippen LogP contribution in [0.25, 0.3) is 0 Å². The van der Waals surface area contributed by atoms with Crippen molar-refractivity contribution in [2.24, 2.45) is 5.92 Å². The molecule has 2 fully saturated rings. The summed E-state index contributed by atoms with van der Waals surface area (Å²) in [6.07, 6.45) is 4.39. The van der Waals surface area contributed by atoms with Crippen LogP contribution < -0.4 is 0 Å². The fourth-order valence-corrected chi connectivity index (χ4v) is 1.61. The molecule has 2 heterocycles. The zero-order chi connectivity index (χ0) is 6.81. The van der Waals surface area contributed by atoms with Crippen LogP contribution in [0, 0.1) is 5.92 Å². The molecule has 1 atom stereocenters. The van der Waals surface area contributed by atoms with Gasteiger partial charge in [0.15, 0.2) is 0 Å². The van der Waals surface area contributed by atoms with Gasteiger partial charge in [-0.2, -0.15) is 0 Å². The Morgan fingerprint density at radius 2 is 2.00 bits per heavy atom. The maximum absolute atomic E-state index is 5.60. The van der Waals surface area contributed by atoms with Crippen LogP contribution >= 0.6 is 0 Å².